The van der Waals surface area contributed by atoms with Gasteiger partial charge in [0.15, 0.2) is 0 Å². The van der Waals surface area contributed by atoms with Gasteiger partial charge < -0.3 is 4.74 Å². The summed E-state index contributed by atoms with van der Waals surface area (Å²) in [6, 6.07) is 0. The Labute approximate surface area is 170 Å². The maximum atomic E-state index is 12.8. The molecule has 0 aliphatic heterocycles. The maximum Gasteiger partial charge on any atom is 0.302 e. The maximum absolute atomic E-state index is 12.8. The molecule has 4 aliphatic carbocycles. The molecule has 3 heteroatoms. The van der Waals surface area contributed by atoms with Crippen LogP contribution in [0.2, 0.25) is 0 Å². The van der Waals surface area contributed by atoms with Crippen LogP contribution in [0.1, 0.15) is 86.5 Å². The van der Waals surface area contributed by atoms with Crippen LogP contribution in [-0.2, 0) is 14.3 Å². The molecule has 3 saturated carbocycles. The summed E-state index contributed by atoms with van der Waals surface area (Å²) in [4.78, 5) is 24.2. The van der Waals surface area contributed by atoms with Crippen molar-refractivity contribution in [3.8, 4) is 0 Å². The van der Waals surface area contributed by atoms with E-state index in [4.69, 9.17) is 4.74 Å². The van der Waals surface area contributed by atoms with Gasteiger partial charge in [0.05, 0.1) is 0 Å². The number of carbonyl (C=O) groups is 2. The highest BCUT2D eigenvalue weighted by Gasteiger charge is 2.66. The van der Waals surface area contributed by atoms with Gasteiger partial charge in [0.25, 0.3) is 0 Å². The summed E-state index contributed by atoms with van der Waals surface area (Å²) in [5.41, 5.74) is 1.74. The van der Waals surface area contributed by atoms with E-state index >= 15 is 0 Å². The molecule has 8 atom stereocenters. The number of fused-ring (bicyclic) bond motifs is 5. The summed E-state index contributed by atoms with van der Waals surface area (Å²) in [6.07, 6.45) is 10.3. The van der Waals surface area contributed by atoms with Gasteiger partial charge in [0.2, 0.25) is 0 Å². The lowest BCUT2D eigenvalue weighted by molar-refractivity contribution is -0.150. The van der Waals surface area contributed by atoms with Gasteiger partial charge in [0, 0.05) is 18.8 Å². The third-order valence-electron chi connectivity index (χ3n) is 10.3. The molecule has 3 fully saturated rings. The zero-order valence-electron chi connectivity index (χ0n) is 18.6. The summed E-state index contributed by atoms with van der Waals surface area (Å²) in [5, 5.41) is 0. The molecule has 0 saturated heterocycles. The molecule has 0 spiro atoms. The van der Waals surface area contributed by atoms with Gasteiger partial charge in [-0.05, 0) is 80.0 Å². The molecule has 4 aliphatic rings. The molecule has 4 rings (SSSR count). The predicted molar refractivity (Wildman–Crippen MR) is 111 cm³/mol. The number of allylic oxidation sites excluding steroid dienone is 1. The van der Waals surface area contributed by atoms with E-state index in [0.717, 1.165) is 25.7 Å². The van der Waals surface area contributed by atoms with Crippen molar-refractivity contribution in [2.75, 3.05) is 0 Å². The normalized spacial score (nSPS) is 50.1. The van der Waals surface area contributed by atoms with Crippen LogP contribution in [0.4, 0.5) is 0 Å². The van der Waals surface area contributed by atoms with E-state index in [1.165, 1.54) is 31.8 Å². The van der Waals surface area contributed by atoms with E-state index < -0.39 is 0 Å². The molecule has 0 aromatic rings. The second-order valence-electron chi connectivity index (χ2n) is 11.1. The Morgan fingerprint density at radius 3 is 2.43 bits per heavy atom. The lowest BCUT2D eigenvalue weighted by Crippen LogP contribution is -2.53. The van der Waals surface area contributed by atoms with Crippen molar-refractivity contribution in [2.24, 2.45) is 39.9 Å². The van der Waals surface area contributed by atoms with Gasteiger partial charge in [-0.2, -0.15) is 0 Å². The monoisotopic (exact) mass is 386 g/mol. The van der Waals surface area contributed by atoms with Crippen LogP contribution in [0.5, 0.6) is 0 Å². The van der Waals surface area contributed by atoms with Crippen molar-refractivity contribution in [1.29, 1.82) is 0 Å². The Hall–Kier alpha value is -1.12. The topological polar surface area (TPSA) is 43.4 Å². The van der Waals surface area contributed by atoms with Gasteiger partial charge in [-0.25, -0.2) is 0 Å². The van der Waals surface area contributed by atoms with Crippen molar-refractivity contribution >= 4 is 11.8 Å². The summed E-state index contributed by atoms with van der Waals surface area (Å²) < 4.78 is 5.56. The zero-order valence-corrected chi connectivity index (χ0v) is 18.6. The molecule has 0 N–H and O–H groups in total. The van der Waals surface area contributed by atoms with Crippen LogP contribution in [0.25, 0.3) is 0 Å². The Bertz CT molecular complexity index is 723. The van der Waals surface area contributed by atoms with Crippen LogP contribution < -0.4 is 0 Å². The third-order valence-corrected chi connectivity index (χ3v) is 10.3. The van der Waals surface area contributed by atoms with Crippen molar-refractivity contribution in [3.63, 3.8) is 0 Å². The van der Waals surface area contributed by atoms with E-state index in [1.54, 1.807) is 0 Å². The molecular weight excluding hydrogens is 348 g/mol. The molecular formula is C25H38O3. The number of rotatable bonds is 2. The Morgan fingerprint density at radius 2 is 1.79 bits per heavy atom. The minimum absolute atomic E-state index is 0.0646. The first-order chi connectivity index (χ1) is 13.0. The van der Waals surface area contributed by atoms with Crippen LogP contribution in [0.3, 0.4) is 0 Å². The van der Waals surface area contributed by atoms with Gasteiger partial charge in [0.1, 0.15) is 11.9 Å². The van der Waals surface area contributed by atoms with Crippen LogP contribution in [0.15, 0.2) is 11.6 Å². The zero-order chi connectivity index (χ0) is 20.5. The molecule has 0 bridgehead atoms. The highest BCUT2D eigenvalue weighted by atomic mass is 16.5. The molecule has 0 radical (unpaired) electrons. The number of carbonyl (C=O) groups excluding carboxylic acids is 2. The van der Waals surface area contributed by atoms with Gasteiger partial charge in [-0.1, -0.05) is 39.3 Å². The van der Waals surface area contributed by atoms with Gasteiger partial charge in [-0.15, -0.1) is 0 Å². The quantitative estimate of drug-likeness (QED) is 0.450. The number of hydrogen-bond donors (Lipinski definition) is 0. The molecule has 28 heavy (non-hydrogen) atoms. The SMILES string of the molecule is CC(=O)O[C@H]1CC[C@@]2(C)C(=CC[C@@H]3[C@@H]2CC[C@@]2(C)[C@H]3C[C@H](C)[C@]2(C)C(C)=O)C1. The van der Waals surface area contributed by atoms with Crippen molar-refractivity contribution in [3.05, 3.63) is 11.6 Å². The first kappa shape index (κ1) is 20.2. The van der Waals surface area contributed by atoms with Crippen LogP contribution in [-0.4, -0.2) is 17.9 Å². The minimum Gasteiger partial charge on any atom is -0.462 e. The van der Waals surface area contributed by atoms with Crippen LogP contribution >= 0.6 is 0 Å². The van der Waals surface area contributed by atoms with Crippen molar-refractivity contribution in [2.45, 2.75) is 92.6 Å². The molecule has 0 amide bonds. The number of Topliss-reactive ketones (excluding diaryl/α,β-unsaturated/α-hetero) is 1. The molecule has 0 heterocycles. The van der Waals surface area contributed by atoms with Gasteiger partial charge >= 0.3 is 5.97 Å². The predicted octanol–water partition coefficient (Wildman–Crippen LogP) is 5.72. The highest BCUT2D eigenvalue weighted by Crippen LogP contribution is 2.71. The van der Waals surface area contributed by atoms with Crippen molar-refractivity contribution < 1.29 is 14.3 Å². The lowest BCUT2D eigenvalue weighted by atomic mass is 9.45. The van der Waals surface area contributed by atoms with Crippen LogP contribution in [0, 0.1) is 39.9 Å². The largest absolute Gasteiger partial charge is 0.462 e. The first-order valence-corrected chi connectivity index (χ1v) is 11.4. The Morgan fingerprint density at radius 1 is 1.07 bits per heavy atom. The number of esters is 1. The fraction of sp³-hybridized carbons (Fsp3) is 0.840. The second-order valence-corrected chi connectivity index (χ2v) is 11.1. The Balaban J connectivity index is 1.64. The van der Waals surface area contributed by atoms with E-state index in [0.29, 0.717) is 29.5 Å². The smallest absolute Gasteiger partial charge is 0.302 e. The molecule has 0 unspecified atom stereocenters. The summed E-state index contributed by atoms with van der Waals surface area (Å²) >= 11 is 0. The van der Waals surface area contributed by atoms with Crippen molar-refractivity contribution in [1.82, 2.24) is 0 Å². The Kier molecular flexibility index (Phi) is 4.64. The van der Waals surface area contributed by atoms with Gasteiger partial charge in [-0.3, -0.25) is 9.59 Å². The summed E-state index contributed by atoms with van der Waals surface area (Å²) in [5.74, 6) is 2.77. The first-order valence-electron chi connectivity index (χ1n) is 11.4. The number of ketones is 1. The lowest BCUT2D eigenvalue weighted by Gasteiger charge is -2.59. The molecule has 3 nitrogen and oxygen atoms in total. The molecule has 0 aromatic carbocycles. The third kappa shape index (κ3) is 2.53. The highest BCUT2D eigenvalue weighted by molar-refractivity contribution is 5.83. The molecule has 156 valence electrons. The van der Waals surface area contributed by atoms with E-state index in [9.17, 15) is 9.59 Å². The standard InChI is InChI=1S/C25H38O3/c1-15-13-22-20-8-7-18-14-19(28-17(3)27)9-11-23(18,4)21(20)10-12-24(22,5)25(15,6)16(2)26/h7,15,19-22H,8-14H2,1-6H3/t15-,19-,20+,21-,22-,23-,24-,25+/m0/s1. The minimum atomic E-state index is -0.180. The average Bonchev–Trinajstić information content (AvgIpc) is 2.83. The summed E-state index contributed by atoms with van der Waals surface area (Å²) in [6.45, 7) is 12.8. The van der Waals surface area contributed by atoms with E-state index in [-0.39, 0.29) is 28.3 Å². The van der Waals surface area contributed by atoms with E-state index in [2.05, 4.69) is 33.8 Å². The average molecular weight is 387 g/mol. The fourth-order valence-corrected chi connectivity index (χ4v) is 8.29. The number of ether oxygens (including phenoxy) is 1. The second kappa shape index (κ2) is 6.44. The van der Waals surface area contributed by atoms with E-state index in [1.807, 2.05) is 6.92 Å². The summed E-state index contributed by atoms with van der Waals surface area (Å²) in [7, 11) is 0. The fourth-order valence-electron chi connectivity index (χ4n) is 8.29. The number of hydrogen-bond acceptors (Lipinski definition) is 3. The molecule has 0 aromatic heterocycles.